The van der Waals surface area contributed by atoms with Crippen LogP contribution < -0.4 is 10.1 Å². The van der Waals surface area contributed by atoms with Gasteiger partial charge < -0.3 is 4.74 Å². The van der Waals surface area contributed by atoms with Crippen LogP contribution in [-0.4, -0.2) is 41.6 Å². The van der Waals surface area contributed by atoms with Crippen molar-refractivity contribution in [2.45, 2.75) is 24.5 Å². The van der Waals surface area contributed by atoms with Gasteiger partial charge in [0.1, 0.15) is 17.2 Å². The molecule has 114 valence electrons. The molecule has 1 saturated heterocycles. The molecule has 0 radical (unpaired) electrons. The maximum absolute atomic E-state index is 12.0. The van der Waals surface area contributed by atoms with Crippen LogP contribution in [0.25, 0.3) is 0 Å². The Bertz CT molecular complexity index is 544. The Morgan fingerprint density at radius 1 is 1.29 bits per heavy atom. The van der Waals surface area contributed by atoms with Crippen molar-refractivity contribution < 1.29 is 14.3 Å². The van der Waals surface area contributed by atoms with Crippen molar-refractivity contribution in [2.24, 2.45) is 0 Å². The molecule has 2 amide bonds. The van der Waals surface area contributed by atoms with Gasteiger partial charge in [0.05, 0.1) is 0 Å². The van der Waals surface area contributed by atoms with Gasteiger partial charge in [-0.3, -0.25) is 19.8 Å². The zero-order valence-electron chi connectivity index (χ0n) is 12.7. The van der Waals surface area contributed by atoms with E-state index in [9.17, 15) is 9.59 Å². The van der Waals surface area contributed by atoms with Gasteiger partial charge in [0.15, 0.2) is 0 Å². The second-order valence-electron chi connectivity index (χ2n) is 5.59. The highest BCUT2D eigenvalue weighted by molar-refractivity contribution is 8.16. The molecule has 0 aromatic heterocycles. The third-order valence-corrected chi connectivity index (χ3v) is 4.92. The first-order chi connectivity index (χ1) is 9.83. The lowest BCUT2D eigenvalue weighted by Gasteiger charge is -2.27. The highest BCUT2D eigenvalue weighted by atomic mass is 32.2. The van der Waals surface area contributed by atoms with Crippen molar-refractivity contribution in [3.8, 4) is 5.75 Å². The molecule has 2 atom stereocenters. The van der Waals surface area contributed by atoms with Gasteiger partial charge in [0.25, 0.3) is 5.24 Å². The summed E-state index contributed by atoms with van der Waals surface area (Å²) in [5.74, 6) is 0.485. The number of hydrogen-bond acceptors (Lipinski definition) is 5. The standard InChI is InChI=1S/C15H20N2O3S/c1-10(15(2)13(18)16-14(19)21-15)11-5-7-12(8-6-11)20-9-17(3)4/h5-8,10H,9H2,1-4H3,(H,16,18,19). The molecule has 1 fully saturated rings. The van der Waals surface area contributed by atoms with E-state index in [-0.39, 0.29) is 17.1 Å². The minimum Gasteiger partial charge on any atom is -0.478 e. The van der Waals surface area contributed by atoms with Gasteiger partial charge >= 0.3 is 0 Å². The molecule has 2 rings (SSSR count). The van der Waals surface area contributed by atoms with Crippen LogP contribution >= 0.6 is 11.8 Å². The first kappa shape index (κ1) is 15.9. The first-order valence-corrected chi connectivity index (χ1v) is 7.56. The molecule has 2 unspecified atom stereocenters. The van der Waals surface area contributed by atoms with Gasteiger partial charge in [-0.15, -0.1) is 0 Å². The number of thioether (sulfide) groups is 1. The summed E-state index contributed by atoms with van der Waals surface area (Å²) in [7, 11) is 3.87. The summed E-state index contributed by atoms with van der Waals surface area (Å²) in [6.07, 6.45) is 0. The molecular weight excluding hydrogens is 288 g/mol. The van der Waals surface area contributed by atoms with Gasteiger partial charge in [-0.25, -0.2) is 0 Å². The van der Waals surface area contributed by atoms with Crippen molar-refractivity contribution >= 4 is 22.9 Å². The van der Waals surface area contributed by atoms with E-state index in [1.807, 2.05) is 50.2 Å². The molecule has 1 aliphatic heterocycles. The van der Waals surface area contributed by atoms with E-state index in [0.29, 0.717) is 6.73 Å². The van der Waals surface area contributed by atoms with E-state index in [4.69, 9.17) is 4.74 Å². The predicted molar refractivity (Wildman–Crippen MR) is 83.6 cm³/mol. The molecule has 6 heteroatoms. The first-order valence-electron chi connectivity index (χ1n) is 6.75. The normalized spacial score (nSPS) is 23.3. The third-order valence-electron chi connectivity index (χ3n) is 3.67. The average Bonchev–Trinajstić information content (AvgIpc) is 2.70. The van der Waals surface area contributed by atoms with Crippen molar-refractivity contribution in [2.75, 3.05) is 20.8 Å². The minimum absolute atomic E-state index is 0.0724. The summed E-state index contributed by atoms with van der Waals surface area (Å²) in [4.78, 5) is 25.3. The monoisotopic (exact) mass is 308 g/mol. The van der Waals surface area contributed by atoms with Crippen LogP contribution in [0, 0.1) is 0 Å². The highest BCUT2D eigenvalue weighted by Crippen LogP contribution is 2.43. The number of nitrogens with zero attached hydrogens (tertiary/aromatic N) is 1. The molecule has 0 aliphatic carbocycles. The van der Waals surface area contributed by atoms with Crippen LogP contribution in [0.4, 0.5) is 4.79 Å². The number of ether oxygens (including phenoxy) is 1. The molecule has 5 nitrogen and oxygen atoms in total. The van der Waals surface area contributed by atoms with Gasteiger partial charge in [-0.1, -0.05) is 19.1 Å². The van der Waals surface area contributed by atoms with Gasteiger partial charge in [-0.05, 0) is 50.5 Å². The summed E-state index contributed by atoms with van der Waals surface area (Å²) in [5, 5.41) is 2.08. The number of amides is 2. The largest absolute Gasteiger partial charge is 0.478 e. The number of benzene rings is 1. The maximum atomic E-state index is 12.0. The molecule has 1 aliphatic rings. The fraction of sp³-hybridized carbons (Fsp3) is 0.467. The smallest absolute Gasteiger partial charge is 0.286 e. The lowest BCUT2D eigenvalue weighted by molar-refractivity contribution is -0.121. The van der Waals surface area contributed by atoms with Crippen LogP contribution in [0.5, 0.6) is 5.75 Å². The van der Waals surface area contributed by atoms with Crippen molar-refractivity contribution in [3.63, 3.8) is 0 Å². The molecule has 1 heterocycles. The van der Waals surface area contributed by atoms with Gasteiger partial charge in [0.2, 0.25) is 5.91 Å². The molecular formula is C15H20N2O3S. The Morgan fingerprint density at radius 2 is 1.90 bits per heavy atom. The molecule has 0 saturated carbocycles. The number of imide groups is 1. The number of hydrogen-bond donors (Lipinski definition) is 1. The SMILES string of the molecule is CC(c1ccc(OCN(C)C)cc1)C1(C)SC(=O)NC1=O. The molecule has 1 aromatic rings. The van der Waals surface area contributed by atoms with Crippen molar-refractivity contribution in [3.05, 3.63) is 29.8 Å². The number of carbonyl (C=O) groups is 2. The Morgan fingerprint density at radius 3 is 2.38 bits per heavy atom. The van der Waals surface area contributed by atoms with Crippen LogP contribution in [-0.2, 0) is 4.79 Å². The van der Waals surface area contributed by atoms with Crippen LogP contribution in [0.2, 0.25) is 0 Å². The van der Waals surface area contributed by atoms with Gasteiger partial charge in [0, 0.05) is 5.92 Å². The van der Waals surface area contributed by atoms with E-state index in [1.54, 1.807) is 6.92 Å². The highest BCUT2D eigenvalue weighted by Gasteiger charge is 2.48. The number of rotatable bonds is 5. The predicted octanol–water partition coefficient (Wildman–Crippen LogP) is 2.43. The van der Waals surface area contributed by atoms with E-state index >= 15 is 0 Å². The fourth-order valence-corrected chi connectivity index (χ4v) is 3.13. The molecule has 0 spiro atoms. The van der Waals surface area contributed by atoms with Crippen molar-refractivity contribution in [1.82, 2.24) is 10.2 Å². The quantitative estimate of drug-likeness (QED) is 0.847. The Kier molecular flexibility index (Phi) is 4.58. The van der Waals surface area contributed by atoms with Crippen molar-refractivity contribution in [1.29, 1.82) is 0 Å². The number of carbonyl (C=O) groups excluding carboxylic acids is 2. The summed E-state index contributed by atoms with van der Waals surface area (Å²) in [5.41, 5.74) is 1.01. The molecule has 0 bridgehead atoms. The zero-order chi connectivity index (χ0) is 15.6. The van der Waals surface area contributed by atoms with E-state index in [0.717, 1.165) is 23.1 Å². The van der Waals surface area contributed by atoms with E-state index in [2.05, 4.69) is 5.32 Å². The fourth-order valence-electron chi connectivity index (χ4n) is 2.14. The lowest BCUT2D eigenvalue weighted by atomic mass is 9.87. The molecule has 21 heavy (non-hydrogen) atoms. The summed E-state index contributed by atoms with van der Waals surface area (Å²) >= 11 is 1.06. The lowest BCUT2D eigenvalue weighted by Crippen LogP contribution is -2.38. The Balaban J connectivity index is 2.11. The Labute approximate surface area is 129 Å². The van der Waals surface area contributed by atoms with Crippen LogP contribution in [0.1, 0.15) is 25.3 Å². The molecule has 1 aromatic carbocycles. The van der Waals surface area contributed by atoms with E-state index in [1.165, 1.54) is 0 Å². The zero-order valence-corrected chi connectivity index (χ0v) is 13.5. The van der Waals surface area contributed by atoms with E-state index < -0.39 is 4.75 Å². The summed E-state index contributed by atoms with van der Waals surface area (Å²) in [6.45, 7) is 4.28. The summed E-state index contributed by atoms with van der Waals surface area (Å²) in [6, 6.07) is 7.66. The third kappa shape index (κ3) is 3.39. The minimum atomic E-state index is -0.761. The Hall–Kier alpha value is -1.53. The molecule has 1 N–H and O–H groups in total. The second-order valence-corrected chi connectivity index (χ2v) is 7.02. The van der Waals surface area contributed by atoms with Crippen LogP contribution in [0.15, 0.2) is 24.3 Å². The topological polar surface area (TPSA) is 58.6 Å². The maximum Gasteiger partial charge on any atom is 0.286 e. The average molecular weight is 308 g/mol. The number of nitrogens with one attached hydrogen (secondary N) is 1. The van der Waals surface area contributed by atoms with Gasteiger partial charge in [-0.2, -0.15) is 0 Å². The summed E-state index contributed by atoms with van der Waals surface area (Å²) < 4.78 is 4.82. The second kappa shape index (κ2) is 6.07. The van der Waals surface area contributed by atoms with Crippen LogP contribution in [0.3, 0.4) is 0 Å².